The lowest BCUT2D eigenvalue weighted by molar-refractivity contribution is 0.415. The van der Waals surface area contributed by atoms with Crippen LogP contribution >= 0.6 is 0 Å². The van der Waals surface area contributed by atoms with E-state index >= 15 is 0 Å². The summed E-state index contributed by atoms with van der Waals surface area (Å²) in [6.45, 7) is 1.37. The van der Waals surface area contributed by atoms with Gasteiger partial charge in [0.15, 0.2) is 0 Å². The van der Waals surface area contributed by atoms with E-state index in [-0.39, 0.29) is 0 Å². The van der Waals surface area contributed by atoms with Gasteiger partial charge < -0.3 is 15.0 Å². The summed E-state index contributed by atoms with van der Waals surface area (Å²) in [7, 11) is 1.66. The molecule has 84 valence electrons. The van der Waals surface area contributed by atoms with Crippen LogP contribution in [0.4, 0.5) is 0 Å². The van der Waals surface area contributed by atoms with Gasteiger partial charge in [0.05, 0.1) is 7.11 Å². The summed E-state index contributed by atoms with van der Waals surface area (Å²) in [6, 6.07) is 7.85. The number of aromatic nitrogens is 2. The summed E-state index contributed by atoms with van der Waals surface area (Å²) in [5, 5.41) is 0. The lowest BCUT2D eigenvalue weighted by Gasteiger charge is -2.07. The second kappa shape index (κ2) is 4.81. The number of hydrogen-bond acceptors (Lipinski definition) is 3. The Kier molecular flexibility index (Phi) is 3.22. The first kappa shape index (κ1) is 10.7. The quantitative estimate of drug-likeness (QED) is 0.844. The van der Waals surface area contributed by atoms with E-state index < -0.39 is 0 Å². The van der Waals surface area contributed by atoms with E-state index in [9.17, 15) is 0 Å². The topological polar surface area (TPSA) is 53.1 Å². The summed E-state index contributed by atoms with van der Waals surface area (Å²) >= 11 is 0. The molecule has 1 aromatic heterocycles. The second-order valence-electron chi connectivity index (χ2n) is 3.46. The van der Waals surface area contributed by atoms with Crippen LogP contribution in [0.3, 0.4) is 0 Å². The predicted molar refractivity (Wildman–Crippen MR) is 63.3 cm³/mol. The van der Waals surface area contributed by atoms with E-state index in [1.807, 2.05) is 35.0 Å². The lowest BCUT2D eigenvalue weighted by Crippen LogP contribution is -2.10. The molecular formula is C12H15N3O. The van der Waals surface area contributed by atoms with Gasteiger partial charge in [-0.3, -0.25) is 0 Å². The number of imidazole rings is 1. The molecule has 0 bridgehead atoms. The Morgan fingerprint density at radius 2 is 2.31 bits per heavy atom. The van der Waals surface area contributed by atoms with Crippen LogP contribution in [0.5, 0.6) is 5.75 Å². The smallest absolute Gasteiger partial charge is 0.140 e. The zero-order valence-electron chi connectivity index (χ0n) is 9.26. The zero-order chi connectivity index (χ0) is 11.4. The minimum Gasteiger partial charge on any atom is -0.497 e. The third-order valence-electron chi connectivity index (χ3n) is 2.41. The summed E-state index contributed by atoms with van der Waals surface area (Å²) in [4.78, 5) is 4.33. The lowest BCUT2D eigenvalue weighted by atomic mass is 10.2. The average Bonchev–Trinajstić information content (AvgIpc) is 2.78. The van der Waals surface area contributed by atoms with Crippen LogP contribution in [0.15, 0.2) is 36.7 Å². The summed E-state index contributed by atoms with van der Waals surface area (Å²) in [5.41, 5.74) is 6.59. The van der Waals surface area contributed by atoms with Crippen molar-refractivity contribution in [2.24, 2.45) is 5.73 Å². The van der Waals surface area contributed by atoms with Gasteiger partial charge in [0.25, 0.3) is 0 Å². The van der Waals surface area contributed by atoms with E-state index in [2.05, 4.69) is 4.98 Å². The molecule has 0 unspecified atom stereocenters. The van der Waals surface area contributed by atoms with Crippen molar-refractivity contribution in [2.75, 3.05) is 13.7 Å². The molecule has 16 heavy (non-hydrogen) atoms. The van der Waals surface area contributed by atoms with Crippen molar-refractivity contribution < 1.29 is 4.74 Å². The molecule has 2 N–H and O–H groups in total. The maximum absolute atomic E-state index is 5.55. The van der Waals surface area contributed by atoms with Gasteiger partial charge in [-0.2, -0.15) is 0 Å². The highest BCUT2D eigenvalue weighted by atomic mass is 16.5. The van der Waals surface area contributed by atoms with Gasteiger partial charge in [-0.25, -0.2) is 4.98 Å². The van der Waals surface area contributed by atoms with Crippen LogP contribution in [0, 0.1) is 0 Å². The van der Waals surface area contributed by atoms with Gasteiger partial charge >= 0.3 is 0 Å². The molecule has 0 spiro atoms. The number of ether oxygens (including phenoxy) is 1. The molecule has 4 nitrogen and oxygen atoms in total. The van der Waals surface area contributed by atoms with Crippen LogP contribution in [0.1, 0.15) is 0 Å². The molecule has 1 heterocycles. The second-order valence-corrected chi connectivity index (χ2v) is 3.46. The minimum atomic E-state index is 0.604. The molecule has 0 aliphatic carbocycles. The first-order chi connectivity index (χ1) is 7.85. The molecule has 4 heteroatoms. The molecule has 0 saturated carbocycles. The van der Waals surface area contributed by atoms with E-state index in [1.54, 1.807) is 13.3 Å². The summed E-state index contributed by atoms with van der Waals surface area (Å²) in [5.74, 6) is 1.75. The van der Waals surface area contributed by atoms with Gasteiger partial charge in [-0.1, -0.05) is 12.1 Å². The highest BCUT2D eigenvalue weighted by molar-refractivity contribution is 5.58. The molecule has 0 fully saturated rings. The molecular weight excluding hydrogens is 202 g/mol. The molecule has 0 radical (unpaired) electrons. The standard InChI is InChI=1S/C12H15N3O/c1-16-11-4-2-3-10(9-11)12-14-6-8-15(12)7-5-13/h2-4,6,8-9H,5,7,13H2,1H3. The molecule has 0 aliphatic rings. The summed E-state index contributed by atoms with van der Waals surface area (Å²) in [6.07, 6.45) is 3.71. The van der Waals surface area contributed by atoms with E-state index in [0.29, 0.717) is 6.54 Å². The first-order valence-electron chi connectivity index (χ1n) is 5.21. The fourth-order valence-electron chi connectivity index (χ4n) is 1.65. The third-order valence-corrected chi connectivity index (χ3v) is 2.41. The molecule has 0 amide bonds. The number of hydrogen-bond donors (Lipinski definition) is 1. The van der Waals surface area contributed by atoms with E-state index in [4.69, 9.17) is 10.5 Å². The molecule has 2 rings (SSSR count). The largest absolute Gasteiger partial charge is 0.497 e. The maximum Gasteiger partial charge on any atom is 0.140 e. The molecule has 0 aliphatic heterocycles. The number of nitrogens with zero attached hydrogens (tertiary/aromatic N) is 2. The molecule has 2 aromatic rings. The van der Waals surface area contributed by atoms with Crippen LogP contribution in [-0.2, 0) is 6.54 Å². The number of nitrogens with two attached hydrogens (primary N) is 1. The predicted octanol–water partition coefficient (Wildman–Crippen LogP) is 1.52. The molecule has 1 aromatic carbocycles. The van der Waals surface area contributed by atoms with Crippen molar-refractivity contribution >= 4 is 0 Å². The Hall–Kier alpha value is -1.81. The number of benzene rings is 1. The third kappa shape index (κ3) is 2.06. The van der Waals surface area contributed by atoms with Crippen LogP contribution in [0.2, 0.25) is 0 Å². The molecule has 0 atom stereocenters. The zero-order valence-corrected chi connectivity index (χ0v) is 9.26. The summed E-state index contributed by atoms with van der Waals surface area (Å²) < 4.78 is 7.23. The van der Waals surface area contributed by atoms with Crippen LogP contribution in [0.25, 0.3) is 11.4 Å². The van der Waals surface area contributed by atoms with Crippen molar-refractivity contribution in [1.82, 2.24) is 9.55 Å². The van der Waals surface area contributed by atoms with E-state index in [0.717, 1.165) is 23.7 Å². The molecule has 0 saturated heterocycles. The van der Waals surface area contributed by atoms with Crippen molar-refractivity contribution in [3.8, 4) is 17.1 Å². The van der Waals surface area contributed by atoms with Crippen LogP contribution in [-0.4, -0.2) is 23.2 Å². The fourth-order valence-corrected chi connectivity index (χ4v) is 1.65. The van der Waals surface area contributed by atoms with Gasteiger partial charge in [0, 0.05) is 31.0 Å². The van der Waals surface area contributed by atoms with Crippen molar-refractivity contribution in [1.29, 1.82) is 0 Å². The minimum absolute atomic E-state index is 0.604. The SMILES string of the molecule is COc1cccc(-c2nccn2CCN)c1. The Morgan fingerprint density at radius 3 is 3.06 bits per heavy atom. The van der Waals surface area contributed by atoms with Gasteiger partial charge in [0.2, 0.25) is 0 Å². The Balaban J connectivity index is 2.37. The average molecular weight is 217 g/mol. The number of rotatable bonds is 4. The van der Waals surface area contributed by atoms with Gasteiger partial charge in [0.1, 0.15) is 11.6 Å². The first-order valence-corrected chi connectivity index (χ1v) is 5.21. The normalized spacial score (nSPS) is 10.4. The van der Waals surface area contributed by atoms with Gasteiger partial charge in [-0.15, -0.1) is 0 Å². The van der Waals surface area contributed by atoms with Crippen LogP contribution < -0.4 is 10.5 Å². The highest BCUT2D eigenvalue weighted by Gasteiger charge is 2.05. The Morgan fingerprint density at radius 1 is 1.44 bits per heavy atom. The van der Waals surface area contributed by atoms with Crippen molar-refractivity contribution in [2.45, 2.75) is 6.54 Å². The van der Waals surface area contributed by atoms with Gasteiger partial charge in [-0.05, 0) is 12.1 Å². The highest BCUT2D eigenvalue weighted by Crippen LogP contribution is 2.22. The van der Waals surface area contributed by atoms with E-state index in [1.165, 1.54) is 0 Å². The fraction of sp³-hybridized carbons (Fsp3) is 0.250. The maximum atomic E-state index is 5.55. The van der Waals surface area contributed by atoms with Crippen molar-refractivity contribution in [3.05, 3.63) is 36.7 Å². The number of methoxy groups -OCH3 is 1. The Labute approximate surface area is 94.7 Å². The monoisotopic (exact) mass is 217 g/mol. The van der Waals surface area contributed by atoms with Crippen molar-refractivity contribution in [3.63, 3.8) is 0 Å². The Bertz CT molecular complexity index is 465.